The van der Waals surface area contributed by atoms with Gasteiger partial charge < -0.3 is 5.73 Å². The van der Waals surface area contributed by atoms with Crippen LogP contribution in [0.4, 0.5) is 0 Å². The van der Waals surface area contributed by atoms with Crippen LogP contribution >= 0.6 is 22.7 Å². The van der Waals surface area contributed by atoms with Crippen molar-refractivity contribution in [1.82, 2.24) is 0 Å². The van der Waals surface area contributed by atoms with Crippen LogP contribution in [0.25, 0.3) is 0 Å². The van der Waals surface area contributed by atoms with Crippen LogP contribution in [0.15, 0.2) is 12.1 Å². The highest BCUT2D eigenvalue weighted by Gasteiger charge is 2.20. The second kappa shape index (κ2) is 4.80. The van der Waals surface area contributed by atoms with E-state index in [9.17, 15) is 0 Å². The maximum atomic E-state index is 6.46. The van der Waals surface area contributed by atoms with Crippen LogP contribution < -0.4 is 5.73 Å². The Morgan fingerprint density at radius 3 is 2.56 bits per heavy atom. The molecule has 0 radical (unpaired) electrons. The fourth-order valence-electron chi connectivity index (χ4n) is 2.76. The van der Waals surface area contributed by atoms with Crippen molar-refractivity contribution in [2.75, 3.05) is 0 Å². The van der Waals surface area contributed by atoms with E-state index in [4.69, 9.17) is 5.73 Å². The van der Waals surface area contributed by atoms with Crippen molar-refractivity contribution in [3.63, 3.8) is 0 Å². The lowest BCUT2D eigenvalue weighted by Crippen LogP contribution is -2.09. The summed E-state index contributed by atoms with van der Waals surface area (Å²) in [6.45, 7) is 4.33. The van der Waals surface area contributed by atoms with Crippen molar-refractivity contribution in [2.24, 2.45) is 5.73 Å². The summed E-state index contributed by atoms with van der Waals surface area (Å²) in [5.74, 6) is 0. The molecule has 0 saturated heterocycles. The van der Waals surface area contributed by atoms with Crippen LogP contribution in [0.2, 0.25) is 0 Å². The molecular formula is C15H19NS2. The van der Waals surface area contributed by atoms with Crippen molar-refractivity contribution >= 4 is 22.7 Å². The fraction of sp³-hybridized carbons (Fsp3) is 0.467. The van der Waals surface area contributed by atoms with Crippen LogP contribution in [0, 0.1) is 13.8 Å². The summed E-state index contributed by atoms with van der Waals surface area (Å²) >= 11 is 3.78. The number of fused-ring (bicyclic) bond motifs is 1. The molecule has 1 aliphatic carbocycles. The van der Waals surface area contributed by atoms with Crippen LogP contribution in [0.1, 0.15) is 49.5 Å². The van der Waals surface area contributed by atoms with Crippen LogP contribution in [-0.4, -0.2) is 0 Å². The molecule has 0 spiro atoms. The predicted molar refractivity (Wildman–Crippen MR) is 80.8 cm³/mol. The van der Waals surface area contributed by atoms with Gasteiger partial charge >= 0.3 is 0 Å². The fourth-order valence-corrected chi connectivity index (χ4v) is 5.16. The third-order valence-corrected chi connectivity index (χ3v) is 6.24. The van der Waals surface area contributed by atoms with E-state index >= 15 is 0 Å². The molecule has 3 heteroatoms. The van der Waals surface area contributed by atoms with Gasteiger partial charge in [0, 0.05) is 19.5 Å². The molecule has 1 aliphatic rings. The zero-order valence-electron chi connectivity index (χ0n) is 11.0. The molecule has 0 saturated carbocycles. The first-order valence-corrected chi connectivity index (χ1v) is 8.22. The molecule has 2 N–H and O–H groups in total. The first kappa shape index (κ1) is 12.4. The molecule has 2 aromatic heterocycles. The highest BCUT2D eigenvalue weighted by Crippen LogP contribution is 2.37. The van der Waals surface area contributed by atoms with E-state index in [0.29, 0.717) is 0 Å². The van der Waals surface area contributed by atoms with Gasteiger partial charge in [-0.2, -0.15) is 0 Å². The lowest BCUT2D eigenvalue weighted by Gasteiger charge is -2.08. The smallest absolute Gasteiger partial charge is 0.0742 e. The lowest BCUT2D eigenvalue weighted by atomic mass is 9.98. The third-order valence-electron chi connectivity index (χ3n) is 3.68. The zero-order chi connectivity index (χ0) is 12.7. The Morgan fingerprint density at radius 2 is 1.89 bits per heavy atom. The highest BCUT2D eigenvalue weighted by atomic mass is 32.1. The molecule has 0 amide bonds. The summed E-state index contributed by atoms with van der Waals surface area (Å²) in [5, 5.41) is 0. The Labute approximate surface area is 117 Å². The molecule has 0 aliphatic heterocycles. The summed E-state index contributed by atoms with van der Waals surface area (Å²) in [4.78, 5) is 5.63. The van der Waals surface area contributed by atoms with Gasteiger partial charge in [-0.05, 0) is 62.8 Å². The molecule has 96 valence electrons. The van der Waals surface area contributed by atoms with Crippen LogP contribution in [-0.2, 0) is 12.8 Å². The highest BCUT2D eigenvalue weighted by molar-refractivity contribution is 7.13. The van der Waals surface area contributed by atoms with E-state index in [0.717, 1.165) is 0 Å². The van der Waals surface area contributed by atoms with E-state index in [-0.39, 0.29) is 6.04 Å². The molecule has 1 atom stereocenters. The van der Waals surface area contributed by atoms with Crippen LogP contribution in [0.3, 0.4) is 0 Å². The number of rotatable bonds is 2. The van der Waals surface area contributed by atoms with Gasteiger partial charge in [-0.15, -0.1) is 22.7 Å². The monoisotopic (exact) mass is 277 g/mol. The van der Waals surface area contributed by atoms with Crippen molar-refractivity contribution in [2.45, 2.75) is 45.6 Å². The summed E-state index contributed by atoms with van der Waals surface area (Å²) in [6, 6.07) is 4.69. The second-order valence-corrected chi connectivity index (χ2v) is 7.64. The quantitative estimate of drug-likeness (QED) is 0.867. The maximum absolute atomic E-state index is 6.46. The standard InChI is InChI=1S/C15H19NS2/c1-9-7-10(2)17-15(9)14(16)13-8-11-5-3-4-6-12(11)18-13/h7-8,14H,3-6,16H2,1-2H3. The second-order valence-electron chi connectivity index (χ2n) is 5.19. The molecule has 0 fully saturated rings. The average Bonchev–Trinajstić information content (AvgIpc) is 2.91. The number of aryl methyl sites for hydroxylation is 4. The van der Waals surface area contributed by atoms with E-state index < -0.39 is 0 Å². The molecule has 18 heavy (non-hydrogen) atoms. The molecule has 0 bridgehead atoms. The topological polar surface area (TPSA) is 26.0 Å². The number of thiophene rings is 2. The van der Waals surface area contributed by atoms with Crippen molar-refractivity contribution in [1.29, 1.82) is 0 Å². The van der Waals surface area contributed by atoms with Gasteiger partial charge in [-0.1, -0.05) is 0 Å². The number of hydrogen-bond donors (Lipinski definition) is 1. The minimum Gasteiger partial charge on any atom is -0.319 e. The molecule has 1 unspecified atom stereocenters. The summed E-state index contributed by atoms with van der Waals surface area (Å²) in [5.41, 5.74) is 9.37. The maximum Gasteiger partial charge on any atom is 0.0742 e. The minimum atomic E-state index is 0.0827. The van der Waals surface area contributed by atoms with Crippen molar-refractivity contribution in [3.8, 4) is 0 Å². The molecule has 1 nitrogen and oxygen atoms in total. The Morgan fingerprint density at radius 1 is 1.11 bits per heavy atom. The molecule has 3 rings (SSSR count). The molecule has 2 heterocycles. The van der Waals surface area contributed by atoms with Gasteiger partial charge in [0.05, 0.1) is 6.04 Å². The van der Waals surface area contributed by atoms with Crippen molar-refractivity contribution in [3.05, 3.63) is 42.8 Å². The van der Waals surface area contributed by atoms with E-state index in [1.54, 1.807) is 10.4 Å². The van der Waals surface area contributed by atoms with Crippen molar-refractivity contribution < 1.29 is 0 Å². The Hall–Kier alpha value is -0.640. The third kappa shape index (κ3) is 2.15. The summed E-state index contributed by atoms with van der Waals surface area (Å²) < 4.78 is 0. The predicted octanol–water partition coefficient (Wildman–Crippen LogP) is 4.35. The van der Waals surface area contributed by atoms with E-state index in [1.165, 1.54) is 45.9 Å². The molecule has 0 aromatic carbocycles. The normalized spacial score (nSPS) is 16.6. The minimum absolute atomic E-state index is 0.0827. The van der Waals surface area contributed by atoms with Gasteiger partial charge in [0.2, 0.25) is 0 Å². The SMILES string of the molecule is Cc1cc(C)c(C(N)c2cc3c(s2)CCCC3)s1. The van der Waals surface area contributed by atoms with E-state index in [2.05, 4.69) is 26.0 Å². The summed E-state index contributed by atoms with van der Waals surface area (Å²) in [7, 11) is 0. The lowest BCUT2D eigenvalue weighted by molar-refractivity contribution is 0.696. The van der Waals surface area contributed by atoms with Crippen LogP contribution in [0.5, 0.6) is 0 Å². The van der Waals surface area contributed by atoms with Gasteiger partial charge in [0.15, 0.2) is 0 Å². The zero-order valence-corrected chi connectivity index (χ0v) is 12.6. The van der Waals surface area contributed by atoms with Gasteiger partial charge in [-0.3, -0.25) is 0 Å². The summed E-state index contributed by atoms with van der Waals surface area (Å²) in [6.07, 6.45) is 5.20. The van der Waals surface area contributed by atoms with Gasteiger partial charge in [-0.25, -0.2) is 0 Å². The molecule has 2 aromatic rings. The Kier molecular flexibility index (Phi) is 3.31. The Bertz CT molecular complexity index is 542. The largest absolute Gasteiger partial charge is 0.319 e. The molecular weight excluding hydrogens is 258 g/mol. The van der Waals surface area contributed by atoms with Gasteiger partial charge in [0.25, 0.3) is 0 Å². The first-order chi connectivity index (χ1) is 8.65. The number of hydrogen-bond acceptors (Lipinski definition) is 3. The van der Waals surface area contributed by atoms with E-state index in [1.807, 2.05) is 22.7 Å². The first-order valence-electron chi connectivity index (χ1n) is 6.59. The van der Waals surface area contributed by atoms with Gasteiger partial charge in [0.1, 0.15) is 0 Å². The number of nitrogens with two attached hydrogens (primary N) is 1. The Balaban J connectivity index is 1.94. The average molecular weight is 277 g/mol.